The zero-order valence-corrected chi connectivity index (χ0v) is 9.55. The van der Waals surface area contributed by atoms with Crippen molar-refractivity contribution in [3.63, 3.8) is 0 Å². The van der Waals surface area contributed by atoms with Crippen LogP contribution in [-0.2, 0) is 9.59 Å². The van der Waals surface area contributed by atoms with Gasteiger partial charge in [0.1, 0.15) is 5.75 Å². The number of hydrogen-bond acceptors (Lipinski definition) is 3. The number of nitrogens with zero attached hydrogens (tertiary/aromatic N) is 1. The summed E-state index contributed by atoms with van der Waals surface area (Å²) in [5.41, 5.74) is 0.540. The summed E-state index contributed by atoms with van der Waals surface area (Å²) in [7, 11) is 0. The highest BCUT2D eigenvalue weighted by atomic mass is 16.5. The summed E-state index contributed by atoms with van der Waals surface area (Å²) in [5.74, 6) is 0.0298. The molecule has 2 amide bonds. The minimum atomic E-state index is -0.317. The molecule has 1 aromatic carbocycles. The van der Waals surface area contributed by atoms with Gasteiger partial charge in [-0.25, -0.2) is 4.90 Å². The van der Waals surface area contributed by atoms with Crippen LogP contribution in [0, 0.1) is 0 Å². The summed E-state index contributed by atoms with van der Waals surface area (Å²) in [6, 6.07) is 6.97. The molecule has 4 nitrogen and oxygen atoms in total. The molecule has 0 spiro atoms. The lowest BCUT2D eigenvalue weighted by molar-refractivity contribution is -0.119. The molecule has 1 heterocycles. The molecule has 1 aromatic rings. The highest BCUT2D eigenvalue weighted by Crippen LogP contribution is 2.23. The van der Waals surface area contributed by atoms with Gasteiger partial charge in [0.05, 0.1) is 12.3 Å². The van der Waals surface area contributed by atoms with Crippen LogP contribution in [0.4, 0.5) is 5.69 Å². The van der Waals surface area contributed by atoms with E-state index in [1.54, 1.807) is 24.3 Å². The SMILES string of the molecule is CCCOc1cccc(N2C(=O)C=CC2=O)c1. The van der Waals surface area contributed by atoms with Crippen molar-refractivity contribution in [2.45, 2.75) is 13.3 Å². The first kappa shape index (κ1) is 11.4. The van der Waals surface area contributed by atoms with E-state index in [2.05, 4.69) is 0 Å². The lowest BCUT2D eigenvalue weighted by Crippen LogP contribution is -2.29. The molecule has 17 heavy (non-hydrogen) atoms. The molecule has 88 valence electrons. The van der Waals surface area contributed by atoms with E-state index >= 15 is 0 Å². The number of amides is 2. The largest absolute Gasteiger partial charge is 0.494 e. The predicted molar refractivity (Wildman–Crippen MR) is 63.9 cm³/mol. The summed E-state index contributed by atoms with van der Waals surface area (Å²) < 4.78 is 5.46. The van der Waals surface area contributed by atoms with Gasteiger partial charge in [-0.05, 0) is 18.6 Å². The zero-order chi connectivity index (χ0) is 12.3. The minimum absolute atomic E-state index is 0.317. The van der Waals surface area contributed by atoms with Gasteiger partial charge in [0.15, 0.2) is 0 Å². The third-order valence-corrected chi connectivity index (χ3v) is 2.36. The Bertz CT molecular complexity index is 461. The van der Waals surface area contributed by atoms with Crippen molar-refractivity contribution in [2.75, 3.05) is 11.5 Å². The quantitative estimate of drug-likeness (QED) is 0.743. The molecule has 0 aromatic heterocycles. The van der Waals surface area contributed by atoms with Crippen molar-refractivity contribution in [3.05, 3.63) is 36.4 Å². The van der Waals surface area contributed by atoms with Gasteiger partial charge in [-0.1, -0.05) is 13.0 Å². The van der Waals surface area contributed by atoms with Crippen LogP contribution in [0.15, 0.2) is 36.4 Å². The van der Waals surface area contributed by atoms with Crippen molar-refractivity contribution in [3.8, 4) is 5.75 Å². The number of carbonyl (C=O) groups excluding carboxylic acids is 2. The van der Waals surface area contributed by atoms with E-state index in [-0.39, 0.29) is 11.8 Å². The van der Waals surface area contributed by atoms with Crippen molar-refractivity contribution >= 4 is 17.5 Å². The van der Waals surface area contributed by atoms with Gasteiger partial charge < -0.3 is 4.74 Å². The molecule has 0 N–H and O–H groups in total. The van der Waals surface area contributed by atoms with Gasteiger partial charge in [0, 0.05) is 18.2 Å². The number of benzene rings is 1. The van der Waals surface area contributed by atoms with E-state index in [1.165, 1.54) is 12.2 Å². The Morgan fingerprint density at radius 2 is 1.88 bits per heavy atom. The summed E-state index contributed by atoms with van der Waals surface area (Å²) in [6.07, 6.45) is 3.44. The molecule has 0 radical (unpaired) electrons. The average Bonchev–Trinajstić information content (AvgIpc) is 2.67. The molecule has 0 atom stereocenters. The Morgan fingerprint density at radius 1 is 1.18 bits per heavy atom. The van der Waals surface area contributed by atoms with Crippen LogP contribution in [0.25, 0.3) is 0 Å². The van der Waals surface area contributed by atoms with Crippen LogP contribution in [0.3, 0.4) is 0 Å². The van der Waals surface area contributed by atoms with Crippen LogP contribution in [0.2, 0.25) is 0 Å². The summed E-state index contributed by atoms with van der Waals surface area (Å²) >= 11 is 0. The maximum Gasteiger partial charge on any atom is 0.258 e. The molecule has 0 saturated carbocycles. The molecular formula is C13H13NO3. The maximum atomic E-state index is 11.5. The second-order valence-corrected chi connectivity index (χ2v) is 3.69. The van der Waals surface area contributed by atoms with Crippen LogP contribution in [0.1, 0.15) is 13.3 Å². The first-order valence-corrected chi connectivity index (χ1v) is 5.51. The molecule has 1 aliphatic rings. The highest BCUT2D eigenvalue weighted by Gasteiger charge is 2.25. The van der Waals surface area contributed by atoms with Gasteiger partial charge in [-0.15, -0.1) is 0 Å². The molecule has 2 rings (SSSR count). The summed E-state index contributed by atoms with van der Waals surface area (Å²) in [4.78, 5) is 24.1. The number of hydrogen-bond donors (Lipinski definition) is 0. The first-order chi connectivity index (χ1) is 8.22. The Labute approximate surface area is 99.5 Å². The fourth-order valence-corrected chi connectivity index (χ4v) is 1.59. The molecule has 0 aliphatic carbocycles. The van der Waals surface area contributed by atoms with Crippen molar-refractivity contribution < 1.29 is 14.3 Å². The van der Waals surface area contributed by atoms with E-state index in [0.717, 1.165) is 11.3 Å². The van der Waals surface area contributed by atoms with Crippen LogP contribution in [-0.4, -0.2) is 18.4 Å². The lowest BCUT2D eigenvalue weighted by atomic mass is 10.2. The van der Waals surface area contributed by atoms with Gasteiger partial charge in [-0.3, -0.25) is 9.59 Å². The Hall–Kier alpha value is -2.10. The second-order valence-electron chi connectivity index (χ2n) is 3.69. The van der Waals surface area contributed by atoms with Crippen molar-refractivity contribution in [1.82, 2.24) is 0 Å². The number of carbonyl (C=O) groups is 2. The van der Waals surface area contributed by atoms with Gasteiger partial charge in [-0.2, -0.15) is 0 Å². The fourth-order valence-electron chi connectivity index (χ4n) is 1.59. The average molecular weight is 231 g/mol. The lowest BCUT2D eigenvalue weighted by Gasteiger charge is -2.14. The van der Waals surface area contributed by atoms with Gasteiger partial charge >= 0.3 is 0 Å². The highest BCUT2D eigenvalue weighted by molar-refractivity contribution is 6.28. The Kier molecular flexibility index (Phi) is 3.23. The Balaban J connectivity index is 2.21. The number of anilines is 1. The summed E-state index contributed by atoms with van der Waals surface area (Å²) in [6.45, 7) is 2.63. The number of rotatable bonds is 4. The van der Waals surface area contributed by atoms with E-state index in [9.17, 15) is 9.59 Å². The van der Waals surface area contributed by atoms with E-state index < -0.39 is 0 Å². The smallest absolute Gasteiger partial charge is 0.258 e. The number of imide groups is 1. The minimum Gasteiger partial charge on any atom is -0.494 e. The zero-order valence-electron chi connectivity index (χ0n) is 9.55. The topological polar surface area (TPSA) is 46.6 Å². The summed E-state index contributed by atoms with van der Waals surface area (Å²) in [5, 5.41) is 0. The van der Waals surface area contributed by atoms with Crippen molar-refractivity contribution in [2.24, 2.45) is 0 Å². The van der Waals surface area contributed by atoms with E-state index in [1.807, 2.05) is 6.92 Å². The normalized spacial score (nSPS) is 14.5. The molecular weight excluding hydrogens is 218 g/mol. The predicted octanol–water partition coefficient (Wildman–Crippen LogP) is 1.90. The molecule has 0 saturated heterocycles. The molecule has 4 heteroatoms. The molecule has 0 fully saturated rings. The van der Waals surface area contributed by atoms with Crippen LogP contribution in [0.5, 0.6) is 5.75 Å². The third-order valence-electron chi connectivity index (χ3n) is 2.36. The van der Waals surface area contributed by atoms with E-state index in [4.69, 9.17) is 4.74 Å². The fraction of sp³-hybridized carbons (Fsp3) is 0.231. The standard InChI is InChI=1S/C13H13NO3/c1-2-8-17-11-5-3-4-10(9-11)14-12(15)6-7-13(14)16/h3-7,9H,2,8H2,1H3. The van der Waals surface area contributed by atoms with Crippen LogP contribution < -0.4 is 9.64 Å². The first-order valence-electron chi connectivity index (χ1n) is 5.51. The maximum absolute atomic E-state index is 11.5. The third kappa shape index (κ3) is 2.36. The Morgan fingerprint density at radius 3 is 2.53 bits per heavy atom. The molecule has 0 bridgehead atoms. The number of ether oxygens (including phenoxy) is 1. The molecule has 1 aliphatic heterocycles. The van der Waals surface area contributed by atoms with Gasteiger partial charge in [0.2, 0.25) is 0 Å². The monoisotopic (exact) mass is 231 g/mol. The van der Waals surface area contributed by atoms with Crippen molar-refractivity contribution in [1.29, 1.82) is 0 Å². The van der Waals surface area contributed by atoms with Crippen LogP contribution >= 0.6 is 0 Å². The second kappa shape index (κ2) is 4.82. The molecule has 0 unspecified atom stereocenters. The van der Waals surface area contributed by atoms with E-state index in [0.29, 0.717) is 18.0 Å². The van der Waals surface area contributed by atoms with Gasteiger partial charge in [0.25, 0.3) is 11.8 Å².